The van der Waals surface area contributed by atoms with Crippen molar-refractivity contribution in [2.45, 2.75) is 39.0 Å². The summed E-state index contributed by atoms with van der Waals surface area (Å²) >= 11 is 0. The van der Waals surface area contributed by atoms with Crippen molar-refractivity contribution >= 4 is 5.96 Å². The molecule has 3 rings (SSSR count). The fourth-order valence-corrected chi connectivity index (χ4v) is 3.65. The molecule has 3 N–H and O–H groups in total. The Morgan fingerprint density at radius 1 is 1.23 bits per heavy atom. The number of nitrogens with one attached hydrogen (secondary N) is 2. The standard InChI is InChI=1S/C23H36N6O2/c1-3-24-22(27-18-23(2,30)19-28-13-15-31-16-14-28)26-17-21-25-10-12-29(21)11-9-20-7-5-4-6-8-20/h4-8,10,12,30H,3,9,11,13-19H2,1-2H3,(H2,24,26,27). The van der Waals surface area contributed by atoms with Gasteiger partial charge in [0.1, 0.15) is 12.4 Å². The van der Waals surface area contributed by atoms with Crippen molar-refractivity contribution < 1.29 is 9.84 Å². The molecular formula is C23H36N6O2. The van der Waals surface area contributed by atoms with Crippen molar-refractivity contribution in [2.75, 3.05) is 45.9 Å². The normalized spacial score (nSPS) is 17.3. The largest absolute Gasteiger partial charge is 0.387 e. The van der Waals surface area contributed by atoms with Crippen LogP contribution in [0.25, 0.3) is 0 Å². The van der Waals surface area contributed by atoms with Gasteiger partial charge in [0.15, 0.2) is 5.96 Å². The lowest BCUT2D eigenvalue weighted by Gasteiger charge is -2.34. The molecule has 1 aliphatic rings. The summed E-state index contributed by atoms with van der Waals surface area (Å²) in [6, 6.07) is 10.5. The first-order valence-corrected chi connectivity index (χ1v) is 11.1. The summed E-state index contributed by atoms with van der Waals surface area (Å²) in [5.41, 5.74) is 0.449. The number of β-amino-alcohol motifs (C(OH)–C–C–N with tert-alkyl or cyclic N) is 1. The van der Waals surface area contributed by atoms with Crippen LogP contribution in [0.1, 0.15) is 25.2 Å². The Kier molecular flexibility index (Phi) is 8.87. The molecular weight excluding hydrogens is 392 g/mol. The molecule has 0 aliphatic carbocycles. The molecule has 1 aliphatic heterocycles. The maximum absolute atomic E-state index is 10.8. The maximum atomic E-state index is 10.8. The van der Waals surface area contributed by atoms with Crippen molar-refractivity contribution in [3.8, 4) is 0 Å². The highest BCUT2D eigenvalue weighted by Crippen LogP contribution is 2.08. The third-order valence-electron chi connectivity index (χ3n) is 5.31. The summed E-state index contributed by atoms with van der Waals surface area (Å²) in [5.74, 6) is 1.61. The molecule has 0 spiro atoms. The maximum Gasteiger partial charge on any atom is 0.191 e. The molecule has 2 aromatic rings. The van der Waals surface area contributed by atoms with Gasteiger partial charge in [-0.05, 0) is 25.8 Å². The van der Waals surface area contributed by atoms with E-state index in [-0.39, 0.29) is 0 Å². The van der Waals surface area contributed by atoms with Gasteiger partial charge in [0.25, 0.3) is 0 Å². The van der Waals surface area contributed by atoms with Crippen LogP contribution in [-0.2, 0) is 24.2 Å². The molecule has 0 amide bonds. The van der Waals surface area contributed by atoms with E-state index in [4.69, 9.17) is 4.74 Å². The van der Waals surface area contributed by atoms with Gasteiger partial charge >= 0.3 is 0 Å². The second-order valence-electron chi connectivity index (χ2n) is 8.21. The van der Waals surface area contributed by atoms with E-state index in [0.29, 0.717) is 25.6 Å². The monoisotopic (exact) mass is 428 g/mol. The number of hydrogen-bond acceptors (Lipinski definition) is 5. The first-order chi connectivity index (χ1) is 15.1. The molecule has 0 saturated carbocycles. The van der Waals surface area contributed by atoms with Crippen molar-refractivity contribution in [3.05, 3.63) is 54.1 Å². The minimum atomic E-state index is -0.859. The molecule has 8 nitrogen and oxygen atoms in total. The molecule has 0 radical (unpaired) electrons. The molecule has 1 unspecified atom stereocenters. The Morgan fingerprint density at radius 2 is 2.00 bits per heavy atom. The topological polar surface area (TPSA) is 86.9 Å². The first kappa shape index (κ1) is 23.2. The van der Waals surface area contributed by atoms with Gasteiger partial charge in [-0.2, -0.15) is 0 Å². The summed E-state index contributed by atoms with van der Waals surface area (Å²) in [7, 11) is 0. The average molecular weight is 429 g/mol. The van der Waals surface area contributed by atoms with Crippen LogP contribution in [-0.4, -0.2) is 77.1 Å². The second kappa shape index (κ2) is 11.8. The van der Waals surface area contributed by atoms with Crippen LogP contribution >= 0.6 is 0 Å². The number of aromatic nitrogens is 2. The van der Waals surface area contributed by atoms with Crippen LogP contribution < -0.4 is 10.6 Å². The van der Waals surface area contributed by atoms with E-state index >= 15 is 0 Å². The number of aliphatic imine (C=N–C) groups is 1. The van der Waals surface area contributed by atoms with Gasteiger partial charge in [0.05, 0.1) is 18.8 Å². The average Bonchev–Trinajstić information content (AvgIpc) is 3.23. The molecule has 2 heterocycles. The molecule has 1 aromatic heterocycles. The van der Waals surface area contributed by atoms with Gasteiger partial charge in [-0.3, -0.25) is 4.90 Å². The second-order valence-corrected chi connectivity index (χ2v) is 8.21. The van der Waals surface area contributed by atoms with E-state index in [1.807, 2.05) is 32.3 Å². The van der Waals surface area contributed by atoms with Crippen LogP contribution in [0.2, 0.25) is 0 Å². The fraction of sp³-hybridized carbons (Fsp3) is 0.565. The smallest absolute Gasteiger partial charge is 0.191 e. The number of hydrogen-bond donors (Lipinski definition) is 3. The van der Waals surface area contributed by atoms with Gasteiger partial charge in [-0.25, -0.2) is 9.98 Å². The summed E-state index contributed by atoms with van der Waals surface area (Å²) in [4.78, 5) is 11.4. The summed E-state index contributed by atoms with van der Waals surface area (Å²) in [5, 5.41) is 17.4. The van der Waals surface area contributed by atoms with Crippen molar-refractivity contribution in [2.24, 2.45) is 4.99 Å². The summed E-state index contributed by atoms with van der Waals surface area (Å²) in [6.45, 7) is 10.2. The first-order valence-electron chi connectivity index (χ1n) is 11.1. The molecule has 31 heavy (non-hydrogen) atoms. The summed E-state index contributed by atoms with van der Waals surface area (Å²) in [6.07, 6.45) is 4.78. The predicted octanol–water partition coefficient (Wildman–Crippen LogP) is 1.26. The number of nitrogens with zero attached hydrogens (tertiary/aromatic N) is 4. The number of guanidine groups is 1. The van der Waals surface area contributed by atoms with Crippen LogP contribution in [0.3, 0.4) is 0 Å². The SMILES string of the molecule is CCNC(=NCc1nccn1CCc1ccccc1)NCC(C)(O)CN1CCOCC1. The molecule has 170 valence electrons. The Balaban J connectivity index is 1.53. The van der Waals surface area contributed by atoms with Gasteiger partial charge in [0, 0.05) is 51.7 Å². The highest BCUT2D eigenvalue weighted by molar-refractivity contribution is 5.79. The molecule has 1 fully saturated rings. The van der Waals surface area contributed by atoms with Crippen LogP contribution in [0.4, 0.5) is 0 Å². The van der Waals surface area contributed by atoms with E-state index in [2.05, 4.69) is 54.3 Å². The Hall–Kier alpha value is -2.42. The number of aliphatic hydroxyl groups is 1. The summed E-state index contributed by atoms with van der Waals surface area (Å²) < 4.78 is 7.54. The van der Waals surface area contributed by atoms with E-state index in [0.717, 1.165) is 51.6 Å². The number of aryl methyl sites for hydroxylation is 2. The van der Waals surface area contributed by atoms with Gasteiger partial charge in [-0.15, -0.1) is 0 Å². The van der Waals surface area contributed by atoms with Crippen molar-refractivity contribution in [3.63, 3.8) is 0 Å². The number of morpholine rings is 1. The molecule has 1 atom stereocenters. The van der Waals surface area contributed by atoms with E-state index in [1.54, 1.807) is 0 Å². The van der Waals surface area contributed by atoms with Crippen molar-refractivity contribution in [1.82, 2.24) is 25.1 Å². The predicted molar refractivity (Wildman–Crippen MR) is 123 cm³/mol. The van der Waals surface area contributed by atoms with E-state index < -0.39 is 5.60 Å². The van der Waals surface area contributed by atoms with Gasteiger partial charge in [0.2, 0.25) is 0 Å². The zero-order chi connectivity index (χ0) is 21.9. The number of benzene rings is 1. The van der Waals surface area contributed by atoms with E-state index in [1.165, 1.54) is 5.56 Å². The highest BCUT2D eigenvalue weighted by atomic mass is 16.5. The number of ether oxygens (including phenoxy) is 1. The van der Waals surface area contributed by atoms with Crippen molar-refractivity contribution in [1.29, 1.82) is 0 Å². The lowest BCUT2D eigenvalue weighted by atomic mass is 10.1. The highest BCUT2D eigenvalue weighted by Gasteiger charge is 2.25. The lowest BCUT2D eigenvalue weighted by molar-refractivity contribution is -0.0201. The molecule has 0 bridgehead atoms. The molecule has 1 saturated heterocycles. The Bertz CT molecular complexity index is 799. The number of imidazole rings is 1. The quantitative estimate of drug-likeness (QED) is 0.390. The van der Waals surface area contributed by atoms with Crippen LogP contribution in [0, 0.1) is 0 Å². The van der Waals surface area contributed by atoms with Gasteiger partial charge in [-0.1, -0.05) is 30.3 Å². The van der Waals surface area contributed by atoms with Crippen LogP contribution in [0.5, 0.6) is 0 Å². The minimum absolute atomic E-state index is 0.415. The third-order valence-corrected chi connectivity index (χ3v) is 5.31. The zero-order valence-corrected chi connectivity index (χ0v) is 18.8. The fourth-order valence-electron chi connectivity index (χ4n) is 3.65. The lowest BCUT2D eigenvalue weighted by Crippen LogP contribution is -2.53. The third kappa shape index (κ3) is 7.97. The minimum Gasteiger partial charge on any atom is -0.387 e. The Labute approximate surface area is 185 Å². The van der Waals surface area contributed by atoms with E-state index in [9.17, 15) is 5.11 Å². The molecule has 8 heteroatoms. The molecule has 1 aromatic carbocycles. The Morgan fingerprint density at radius 3 is 2.74 bits per heavy atom. The van der Waals surface area contributed by atoms with Crippen LogP contribution in [0.15, 0.2) is 47.7 Å². The van der Waals surface area contributed by atoms with Gasteiger partial charge < -0.3 is 25.0 Å². The number of rotatable bonds is 10. The zero-order valence-electron chi connectivity index (χ0n) is 18.8.